The molecule has 1 heterocycles. The number of hydrogen-bond donors (Lipinski definition) is 0. The summed E-state index contributed by atoms with van der Waals surface area (Å²) >= 11 is 0. The van der Waals surface area contributed by atoms with Crippen LogP contribution in [0.5, 0.6) is 0 Å². The van der Waals surface area contributed by atoms with Crippen LogP contribution in [0.15, 0.2) is 60.0 Å². The highest BCUT2D eigenvalue weighted by atomic mass is 32.2. The van der Waals surface area contributed by atoms with Crippen molar-refractivity contribution in [3.8, 4) is 0 Å². The topological polar surface area (TPSA) is 54.5 Å². The van der Waals surface area contributed by atoms with Crippen molar-refractivity contribution in [2.24, 2.45) is 0 Å². The van der Waals surface area contributed by atoms with Crippen molar-refractivity contribution in [1.82, 2.24) is 0 Å². The average Bonchev–Trinajstić information content (AvgIpc) is 2.95. The van der Waals surface area contributed by atoms with Gasteiger partial charge in [0.2, 0.25) is 0 Å². The Morgan fingerprint density at radius 3 is 2.40 bits per heavy atom. The molecular formula is C20H21NO3S. The second kappa shape index (κ2) is 6.84. The van der Waals surface area contributed by atoms with E-state index < -0.39 is 15.9 Å². The number of aryl methyl sites for hydroxylation is 2. The van der Waals surface area contributed by atoms with E-state index in [0.29, 0.717) is 5.56 Å². The van der Waals surface area contributed by atoms with Gasteiger partial charge in [0.15, 0.2) is 9.84 Å². The summed E-state index contributed by atoms with van der Waals surface area (Å²) in [5, 5.41) is 1.21. The maximum atomic E-state index is 13.2. The molecule has 130 valence electrons. The van der Waals surface area contributed by atoms with Crippen LogP contribution in [0.4, 0.5) is 5.69 Å². The first-order chi connectivity index (χ1) is 11.9. The first kappa shape index (κ1) is 17.4. The maximum Gasteiger partial charge on any atom is 0.258 e. The molecule has 0 aromatic heterocycles. The third-order valence-electron chi connectivity index (χ3n) is 4.39. The predicted molar refractivity (Wildman–Crippen MR) is 101 cm³/mol. The van der Waals surface area contributed by atoms with Crippen LogP contribution in [0.1, 0.15) is 28.4 Å². The molecule has 3 rings (SSSR count). The van der Waals surface area contributed by atoms with Crippen LogP contribution in [0, 0.1) is 6.92 Å². The van der Waals surface area contributed by atoms with Gasteiger partial charge in [-0.25, -0.2) is 8.42 Å². The molecule has 0 saturated carbocycles. The zero-order chi connectivity index (χ0) is 18.0. The zero-order valence-corrected chi connectivity index (χ0v) is 15.2. The lowest BCUT2D eigenvalue weighted by atomic mass is 10.1. The summed E-state index contributed by atoms with van der Waals surface area (Å²) in [5.74, 6) is -0.268. The van der Waals surface area contributed by atoms with Crippen LogP contribution in [0.3, 0.4) is 0 Å². The highest BCUT2D eigenvalue weighted by Gasteiger charge is 2.32. The van der Waals surface area contributed by atoms with Crippen molar-refractivity contribution < 1.29 is 13.2 Å². The molecule has 0 fully saturated rings. The van der Waals surface area contributed by atoms with Crippen LogP contribution in [0.25, 0.3) is 0 Å². The van der Waals surface area contributed by atoms with Gasteiger partial charge in [0.05, 0.1) is 11.8 Å². The molecule has 2 aromatic carbocycles. The largest absolute Gasteiger partial charge is 0.300 e. The fourth-order valence-corrected chi connectivity index (χ4v) is 4.31. The Labute approximate surface area is 148 Å². The molecule has 0 saturated heterocycles. The lowest BCUT2D eigenvalue weighted by Gasteiger charge is -2.29. The Balaban J connectivity index is 2.07. The molecule has 0 aliphatic carbocycles. The Morgan fingerprint density at radius 2 is 1.80 bits per heavy atom. The Hall–Kier alpha value is -2.40. The molecule has 1 amide bonds. The van der Waals surface area contributed by atoms with E-state index >= 15 is 0 Å². The lowest BCUT2D eigenvalue weighted by Crippen LogP contribution is -2.41. The molecule has 25 heavy (non-hydrogen) atoms. The number of anilines is 1. The summed E-state index contributed by atoms with van der Waals surface area (Å²) in [7, 11) is -3.26. The SMILES string of the molecule is CCc1ccccc1N(C(=O)c1ccc(C)cc1)C1C=CS(=O)(=O)C1. The van der Waals surface area contributed by atoms with Gasteiger partial charge in [-0.1, -0.05) is 42.8 Å². The third-order valence-corrected chi connectivity index (χ3v) is 5.77. The van der Waals surface area contributed by atoms with Crippen LogP contribution in [-0.4, -0.2) is 26.1 Å². The highest BCUT2D eigenvalue weighted by molar-refractivity contribution is 7.94. The van der Waals surface area contributed by atoms with Gasteiger partial charge in [0.1, 0.15) is 0 Å². The number of carbonyl (C=O) groups excluding carboxylic acids is 1. The fourth-order valence-electron chi connectivity index (χ4n) is 3.04. The first-order valence-corrected chi connectivity index (χ1v) is 10.0. The molecule has 0 spiro atoms. The molecule has 5 heteroatoms. The summed E-state index contributed by atoms with van der Waals surface area (Å²) in [6.07, 6.45) is 2.37. The minimum atomic E-state index is -3.26. The van der Waals surface area contributed by atoms with E-state index in [1.807, 2.05) is 50.2 Å². The summed E-state index contributed by atoms with van der Waals surface area (Å²) in [6, 6.07) is 14.5. The quantitative estimate of drug-likeness (QED) is 0.843. The van der Waals surface area contributed by atoms with Gasteiger partial charge in [-0.05, 0) is 43.2 Å². The molecular weight excluding hydrogens is 334 g/mol. The van der Waals surface area contributed by atoms with E-state index in [1.165, 1.54) is 5.41 Å². The normalized spacial score (nSPS) is 18.2. The van der Waals surface area contributed by atoms with Crippen LogP contribution in [-0.2, 0) is 16.3 Å². The molecule has 1 aliphatic rings. The van der Waals surface area contributed by atoms with E-state index in [9.17, 15) is 13.2 Å². The summed E-state index contributed by atoms with van der Waals surface area (Å²) < 4.78 is 23.8. The predicted octanol–water partition coefficient (Wildman–Crippen LogP) is 3.51. The van der Waals surface area contributed by atoms with Crippen LogP contribution in [0.2, 0.25) is 0 Å². The number of nitrogens with zero attached hydrogens (tertiary/aromatic N) is 1. The molecule has 2 aromatic rings. The summed E-state index contributed by atoms with van der Waals surface area (Å²) in [4.78, 5) is 14.8. The van der Waals surface area contributed by atoms with E-state index in [-0.39, 0.29) is 11.7 Å². The number of benzene rings is 2. The number of amides is 1. The Kier molecular flexibility index (Phi) is 4.77. The van der Waals surface area contributed by atoms with E-state index in [4.69, 9.17) is 0 Å². The maximum absolute atomic E-state index is 13.2. The smallest absolute Gasteiger partial charge is 0.258 e. The van der Waals surface area contributed by atoms with Crippen molar-refractivity contribution in [2.45, 2.75) is 26.3 Å². The van der Waals surface area contributed by atoms with Gasteiger partial charge < -0.3 is 4.90 Å². The summed E-state index contributed by atoms with van der Waals surface area (Å²) in [5.41, 5.74) is 3.40. The van der Waals surface area contributed by atoms with Crippen LogP contribution >= 0.6 is 0 Å². The number of rotatable bonds is 4. The molecule has 4 nitrogen and oxygen atoms in total. The van der Waals surface area contributed by atoms with Gasteiger partial charge in [0, 0.05) is 16.7 Å². The van der Waals surface area contributed by atoms with Gasteiger partial charge in [-0.15, -0.1) is 0 Å². The van der Waals surface area contributed by atoms with Gasteiger partial charge in [-0.3, -0.25) is 4.79 Å². The average molecular weight is 355 g/mol. The van der Waals surface area contributed by atoms with Crippen molar-refractivity contribution in [3.63, 3.8) is 0 Å². The molecule has 0 N–H and O–H groups in total. The van der Waals surface area contributed by atoms with Crippen molar-refractivity contribution in [1.29, 1.82) is 0 Å². The monoisotopic (exact) mass is 355 g/mol. The number of sulfone groups is 1. The minimum absolute atomic E-state index is 0.0807. The number of hydrogen-bond acceptors (Lipinski definition) is 3. The number of para-hydroxylation sites is 1. The van der Waals surface area contributed by atoms with Crippen molar-refractivity contribution in [3.05, 3.63) is 76.7 Å². The minimum Gasteiger partial charge on any atom is -0.300 e. The van der Waals surface area contributed by atoms with Gasteiger partial charge in [-0.2, -0.15) is 0 Å². The third kappa shape index (κ3) is 3.66. The van der Waals surface area contributed by atoms with Gasteiger partial charge >= 0.3 is 0 Å². The Bertz CT molecular complexity index is 914. The number of carbonyl (C=O) groups is 1. The second-order valence-corrected chi connectivity index (χ2v) is 8.18. The molecule has 1 aliphatic heterocycles. The van der Waals surface area contributed by atoms with Crippen molar-refractivity contribution in [2.75, 3.05) is 10.7 Å². The highest BCUT2D eigenvalue weighted by Crippen LogP contribution is 2.28. The van der Waals surface area contributed by atoms with Crippen molar-refractivity contribution >= 4 is 21.4 Å². The van der Waals surface area contributed by atoms with E-state index in [1.54, 1.807) is 23.1 Å². The molecule has 0 bridgehead atoms. The van der Waals surface area contributed by atoms with Gasteiger partial charge in [0.25, 0.3) is 5.91 Å². The van der Waals surface area contributed by atoms with E-state index in [0.717, 1.165) is 23.2 Å². The molecule has 1 unspecified atom stereocenters. The first-order valence-electron chi connectivity index (χ1n) is 8.30. The standard InChI is InChI=1S/C20H21NO3S/c1-3-16-6-4-5-7-19(16)21(18-12-13-25(23,24)14-18)20(22)17-10-8-15(2)9-11-17/h4-13,18H,3,14H2,1-2H3. The molecule has 1 atom stereocenters. The zero-order valence-electron chi connectivity index (χ0n) is 14.3. The summed E-state index contributed by atoms with van der Waals surface area (Å²) in [6.45, 7) is 3.99. The lowest BCUT2D eigenvalue weighted by molar-refractivity contribution is 0.0983. The van der Waals surface area contributed by atoms with E-state index in [2.05, 4.69) is 0 Å². The second-order valence-electron chi connectivity index (χ2n) is 6.25. The Morgan fingerprint density at radius 1 is 1.12 bits per heavy atom. The molecule has 0 radical (unpaired) electrons. The fraction of sp³-hybridized carbons (Fsp3) is 0.250. The van der Waals surface area contributed by atoms with Crippen LogP contribution < -0.4 is 4.90 Å².